The van der Waals surface area contributed by atoms with E-state index in [0.29, 0.717) is 10.6 Å². The number of hydrogen-bond acceptors (Lipinski definition) is 4. The van der Waals surface area contributed by atoms with Crippen molar-refractivity contribution in [1.29, 1.82) is 0 Å². The molecule has 0 aromatic heterocycles. The van der Waals surface area contributed by atoms with Crippen molar-refractivity contribution in [3.8, 4) is 0 Å². The number of benzene rings is 2. The molecule has 0 aliphatic heterocycles. The second-order valence-corrected chi connectivity index (χ2v) is 7.78. The molecule has 2 aromatic carbocycles. The minimum absolute atomic E-state index is 0.0769. The molecular weight excluding hydrogens is 304 g/mol. The Labute approximate surface area is 128 Å². The summed E-state index contributed by atoms with van der Waals surface area (Å²) in [6.45, 7) is 0. The van der Waals surface area contributed by atoms with Gasteiger partial charge in [0, 0.05) is 15.5 Å². The molecule has 0 spiro atoms. The number of rotatable bonds is 3. The van der Waals surface area contributed by atoms with Crippen molar-refractivity contribution in [2.45, 2.75) is 33.9 Å². The zero-order valence-corrected chi connectivity index (χ0v) is 13.0. The van der Waals surface area contributed by atoms with Gasteiger partial charge in [0.15, 0.2) is 0 Å². The van der Waals surface area contributed by atoms with Crippen LogP contribution in [0.5, 0.6) is 0 Å². The summed E-state index contributed by atoms with van der Waals surface area (Å²) < 4.78 is 23.4. The fourth-order valence-electron chi connectivity index (χ4n) is 2.57. The van der Waals surface area contributed by atoms with Crippen molar-refractivity contribution in [1.82, 2.24) is 0 Å². The van der Waals surface area contributed by atoms with Gasteiger partial charge in [-0.3, -0.25) is 0 Å². The van der Waals surface area contributed by atoms with E-state index in [0.717, 1.165) is 17.7 Å². The molecule has 4 N–H and O–H groups in total. The summed E-state index contributed by atoms with van der Waals surface area (Å²) >= 11 is 1.40. The predicted octanol–water partition coefficient (Wildman–Crippen LogP) is 2.56. The minimum atomic E-state index is -3.79. The largest absolute Gasteiger partial charge is 0.399 e. The van der Waals surface area contributed by atoms with Gasteiger partial charge < -0.3 is 5.73 Å². The number of aryl methyl sites for hydroxylation is 2. The Kier molecular flexibility index (Phi) is 3.69. The van der Waals surface area contributed by atoms with Crippen LogP contribution in [0.3, 0.4) is 0 Å². The quantitative estimate of drug-likeness (QED) is 0.851. The van der Waals surface area contributed by atoms with Gasteiger partial charge >= 0.3 is 0 Å². The van der Waals surface area contributed by atoms with Crippen molar-refractivity contribution in [2.24, 2.45) is 5.14 Å². The molecule has 21 heavy (non-hydrogen) atoms. The molecule has 110 valence electrons. The summed E-state index contributed by atoms with van der Waals surface area (Å²) in [5.74, 6) is 0. The average Bonchev–Trinajstić information content (AvgIpc) is 2.87. The fourth-order valence-corrected chi connectivity index (χ4v) is 4.58. The molecule has 2 aromatic rings. The average molecular weight is 320 g/mol. The van der Waals surface area contributed by atoms with E-state index in [9.17, 15) is 8.42 Å². The smallest absolute Gasteiger partial charge is 0.239 e. The number of sulfonamides is 1. The first kappa shape index (κ1) is 14.4. The molecule has 1 aliphatic carbocycles. The van der Waals surface area contributed by atoms with Gasteiger partial charge in [-0.15, -0.1) is 0 Å². The lowest BCUT2D eigenvalue weighted by Crippen LogP contribution is -2.13. The Balaban J connectivity index is 1.99. The van der Waals surface area contributed by atoms with Gasteiger partial charge in [0.05, 0.1) is 4.90 Å². The lowest BCUT2D eigenvalue weighted by molar-refractivity contribution is 0.596. The molecule has 0 atom stereocenters. The Morgan fingerprint density at radius 1 is 1.00 bits per heavy atom. The number of fused-ring (bicyclic) bond motifs is 1. The zero-order chi connectivity index (χ0) is 15.0. The summed E-state index contributed by atoms with van der Waals surface area (Å²) in [7, 11) is -3.79. The highest BCUT2D eigenvalue weighted by atomic mass is 32.2. The second-order valence-electron chi connectivity index (χ2n) is 5.14. The highest BCUT2D eigenvalue weighted by Crippen LogP contribution is 2.35. The maximum Gasteiger partial charge on any atom is 0.239 e. The topological polar surface area (TPSA) is 86.2 Å². The van der Waals surface area contributed by atoms with Gasteiger partial charge in [0.1, 0.15) is 0 Å². The first-order valence-corrected chi connectivity index (χ1v) is 9.02. The summed E-state index contributed by atoms with van der Waals surface area (Å²) in [5.41, 5.74) is 8.79. The van der Waals surface area contributed by atoms with E-state index >= 15 is 0 Å². The summed E-state index contributed by atoms with van der Waals surface area (Å²) in [5, 5.41) is 5.27. The number of hydrogen-bond donors (Lipinski definition) is 2. The van der Waals surface area contributed by atoms with E-state index in [1.807, 2.05) is 6.07 Å². The number of primary sulfonamides is 1. The Hall–Kier alpha value is -1.50. The Morgan fingerprint density at radius 3 is 2.52 bits per heavy atom. The molecule has 0 fully saturated rings. The van der Waals surface area contributed by atoms with E-state index in [1.54, 1.807) is 12.1 Å². The van der Waals surface area contributed by atoms with Crippen molar-refractivity contribution in [3.63, 3.8) is 0 Å². The molecule has 0 heterocycles. The monoisotopic (exact) mass is 320 g/mol. The lowest BCUT2D eigenvalue weighted by Gasteiger charge is -2.09. The van der Waals surface area contributed by atoms with Gasteiger partial charge in [-0.2, -0.15) is 0 Å². The molecule has 0 saturated carbocycles. The van der Waals surface area contributed by atoms with Crippen LogP contribution >= 0.6 is 11.8 Å². The molecule has 1 aliphatic rings. The van der Waals surface area contributed by atoms with Crippen molar-refractivity contribution in [3.05, 3.63) is 47.5 Å². The van der Waals surface area contributed by atoms with Crippen LogP contribution in [0.25, 0.3) is 0 Å². The third-order valence-electron chi connectivity index (χ3n) is 3.57. The van der Waals surface area contributed by atoms with E-state index in [2.05, 4.69) is 12.1 Å². The highest BCUT2D eigenvalue weighted by Gasteiger charge is 2.17. The second kappa shape index (κ2) is 5.36. The summed E-state index contributed by atoms with van der Waals surface area (Å²) in [4.78, 5) is 1.70. The number of anilines is 1. The van der Waals surface area contributed by atoms with Gasteiger partial charge in [-0.25, -0.2) is 13.6 Å². The van der Waals surface area contributed by atoms with Crippen LogP contribution in [0.2, 0.25) is 0 Å². The third-order valence-corrected chi connectivity index (χ3v) is 5.72. The molecule has 0 unspecified atom stereocenters. The van der Waals surface area contributed by atoms with Gasteiger partial charge in [0.25, 0.3) is 0 Å². The molecule has 3 rings (SSSR count). The molecular formula is C15H16N2O2S2. The standard InChI is InChI=1S/C15H16N2O2S2/c16-12-5-7-14(15(9-12)21(17,18)19)20-13-6-4-10-2-1-3-11(10)8-13/h4-9H,1-3,16H2,(H2,17,18,19). The van der Waals surface area contributed by atoms with Crippen LogP contribution in [0.1, 0.15) is 17.5 Å². The van der Waals surface area contributed by atoms with Crippen molar-refractivity contribution >= 4 is 27.5 Å². The number of nitrogen functional groups attached to an aromatic ring is 1. The van der Waals surface area contributed by atoms with E-state index in [-0.39, 0.29) is 4.90 Å². The Bertz CT molecular complexity index is 801. The van der Waals surface area contributed by atoms with Crippen LogP contribution in [0.15, 0.2) is 51.1 Å². The molecule has 6 heteroatoms. The summed E-state index contributed by atoms with van der Waals surface area (Å²) in [6, 6.07) is 11.1. The van der Waals surface area contributed by atoms with Gasteiger partial charge in [-0.05, 0) is 60.7 Å². The predicted molar refractivity (Wildman–Crippen MR) is 84.8 cm³/mol. The SMILES string of the molecule is Nc1ccc(Sc2ccc3c(c2)CCC3)c(S(N)(=O)=O)c1. The number of nitrogens with two attached hydrogens (primary N) is 2. The zero-order valence-electron chi connectivity index (χ0n) is 11.4. The maximum absolute atomic E-state index is 11.7. The highest BCUT2D eigenvalue weighted by molar-refractivity contribution is 8.00. The molecule has 0 saturated heterocycles. The first-order chi connectivity index (χ1) is 9.93. The molecule has 0 radical (unpaired) electrons. The first-order valence-electron chi connectivity index (χ1n) is 6.65. The van der Waals surface area contributed by atoms with E-state index < -0.39 is 10.0 Å². The van der Waals surface area contributed by atoms with Gasteiger partial charge in [0.2, 0.25) is 10.0 Å². The minimum Gasteiger partial charge on any atom is -0.399 e. The van der Waals surface area contributed by atoms with Crippen LogP contribution in [0, 0.1) is 0 Å². The maximum atomic E-state index is 11.7. The van der Waals surface area contributed by atoms with E-state index in [4.69, 9.17) is 10.9 Å². The molecule has 4 nitrogen and oxygen atoms in total. The van der Waals surface area contributed by atoms with Crippen LogP contribution in [-0.4, -0.2) is 8.42 Å². The van der Waals surface area contributed by atoms with E-state index in [1.165, 1.54) is 35.4 Å². The molecule has 0 amide bonds. The molecule has 0 bridgehead atoms. The van der Waals surface area contributed by atoms with Gasteiger partial charge in [-0.1, -0.05) is 17.8 Å². The van der Waals surface area contributed by atoms with Crippen molar-refractivity contribution in [2.75, 3.05) is 5.73 Å². The lowest BCUT2D eigenvalue weighted by atomic mass is 10.1. The normalized spacial score (nSPS) is 14.1. The fraction of sp³-hybridized carbons (Fsp3) is 0.200. The Morgan fingerprint density at radius 2 is 1.76 bits per heavy atom. The van der Waals surface area contributed by atoms with Crippen LogP contribution in [0.4, 0.5) is 5.69 Å². The third kappa shape index (κ3) is 3.07. The van der Waals surface area contributed by atoms with Crippen LogP contribution in [-0.2, 0) is 22.9 Å². The summed E-state index contributed by atoms with van der Waals surface area (Å²) in [6.07, 6.45) is 3.41. The van der Waals surface area contributed by atoms with Crippen LogP contribution < -0.4 is 10.9 Å². The van der Waals surface area contributed by atoms with Crippen molar-refractivity contribution < 1.29 is 8.42 Å².